The summed E-state index contributed by atoms with van der Waals surface area (Å²) in [6.45, 7) is 0. The minimum atomic E-state index is -0.442. The van der Waals surface area contributed by atoms with Crippen LogP contribution in [0.4, 0.5) is 11.4 Å². The van der Waals surface area contributed by atoms with Crippen molar-refractivity contribution in [3.05, 3.63) is 133 Å². The van der Waals surface area contributed by atoms with E-state index in [1.54, 1.807) is 42.1 Å². The number of anilines is 1. The molecule has 4 aromatic rings. The van der Waals surface area contributed by atoms with Crippen molar-refractivity contribution >= 4 is 68.0 Å². The first kappa shape index (κ1) is 24.7. The summed E-state index contributed by atoms with van der Waals surface area (Å²) in [6.07, 6.45) is 0. The van der Waals surface area contributed by atoms with Gasteiger partial charge in [0.2, 0.25) is 0 Å². The predicted octanol–water partition coefficient (Wildman–Crippen LogP) is 9.37. The van der Waals surface area contributed by atoms with Crippen LogP contribution in [0.2, 0.25) is 10.0 Å². The molecule has 0 aliphatic carbocycles. The Hall–Kier alpha value is -2.97. The number of rotatable bonds is 5. The summed E-state index contributed by atoms with van der Waals surface area (Å²) in [5, 5.41) is 15.3. The molecule has 5 rings (SSSR count). The SMILES string of the molecule is O=[N+]([O-])c1ccc(OC2=C(c3ccc(Br)cc3)Nc3ccccc3SC2c2c(Cl)cccc2Cl)cc1. The maximum Gasteiger partial charge on any atom is 0.269 e. The number of benzene rings is 4. The van der Waals surface area contributed by atoms with Crippen LogP contribution in [0.3, 0.4) is 0 Å². The predicted molar refractivity (Wildman–Crippen MR) is 150 cm³/mol. The average Bonchev–Trinajstić information content (AvgIpc) is 3.02. The first-order valence-electron chi connectivity index (χ1n) is 10.8. The van der Waals surface area contributed by atoms with Crippen LogP contribution in [0.5, 0.6) is 5.75 Å². The van der Waals surface area contributed by atoms with Gasteiger partial charge in [-0.2, -0.15) is 0 Å². The zero-order chi connectivity index (χ0) is 25.2. The van der Waals surface area contributed by atoms with E-state index < -0.39 is 10.2 Å². The summed E-state index contributed by atoms with van der Waals surface area (Å²) in [5.74, 6) is 1.02. The zero-order valence-corrected chi connectivity index (χ0v) is 22.4. The molecule has 9 heteroatoms. The molecule has 1 aliphatic heterocycles. The molecule has 0 radical (unpaired) electrons. The molecule has 1 unspecified atom stereocenters. The van der Waals surface area contributed by atoms with Gasteiger partial charge in [0.15, 0.2) is 0 Å². The topological polar surface area (TPSA) is 64.4 Å². The normalized spacial score (nSPS) is 15.0. The second-order valence-corrected chi connectivity index (χ2v) is 10.7. The van der Waals surface area contributed by atoms with Crippen molar-refractivity contribution in [1.29, 1.82) is 0 Å². The molecular weight excluding hydrogens is 583 g/mol. The Labute approximate surface area is 230 Å². The van der Waals surface area contributed by atoms with Crippen molar-refractivity contribution < 1.29 is 9.66 Å². The minimum Gasteiger partial charge on any atom is -0.458 e. The summed E-state index contributed by atoms with van der Waals surface area (Å²) in [4.78, 5) is 11.7. The molecule has 0 aromatic heterocycles. The number of non-ortho nitro benzene ring substituents is 1. The minimum absolute atomic E-state index is 0.0177. The first-order chi connectivity index (χ1) is 17.4. The van der Waals surface area contributed by atoms with Gasteiger partial charge >= 0.3 is 0 Å². The Morgan fingerprint density at radius 1 is 0.889 bits per heavy atom. The molecule has 0 bridgehead atoms. The van der Waals surface area contributed by atoms with Gasteiger partial charge in [0.1, 0.15) is 11.5 Å². The fourth-order valence-electron chi connectivity index (χ4n) is 3.83. The van der Waals surface area contributed by atoms with Crippen molar-refractivity contribution in [2.45, 2.75) is 10.1 Å². The van der Waals surface area contributed by atoms with E-state index in [0.717, 1.165) is 31.9 Å². The second-order valence-electron chi connectivity index (χ2n) is 7.85. The van der Waals surface area contributed by atoms with Crippen molar-refractivity contribution in [2.75, 3.05) is 5.32 Å². The molecule has 1 N–H and O–H groups in total. The maximum atomic E-state index is 11.2. The molecule has 1 aliphatic rings. The van der Waals surface area contributed by atoms with Crippen LogP contribution in [0.25, 0.3) is 5.70 Å². The van der Waals surface area contributed by atoms with E-state index in [2.05, 4.69) is 21.2 Å². The Morgan fingerprint density at radius 2 is 1.56 bits per heavy atom. The third-order valence-electron chi connectivity index (χ3n) is 5.55. The van der Waals surface area contributed by atoms with Gasteiger partial charge in [-0.15, -0.1) is 11.8 Å². The molecule has 0 amide bonds. The van der Waals surface area contributed by atoms with Gasteiger partial charge in [0, 0.05) is 42.7 Å². The third kappa shape index (κ3) is 5.11. The summed E-state index contributed by atoms with van der Waals surface area (Å²) in [7, 11) is 0. The van der Waals surface area contributed by atoms with Gasteiger partial charge in [-0.25, -0.2) is 0 Å². The van der Waals surface area contributed by atoms with Crippen LogP contribution in [-0.2, 0) is 0 Å². The lowest BCUT2D eigenvalue weighted by Gasteiger charge is -2.24. The van der Waals surface area contributed by atoms with E-state index in [4.69, 9.17) is 27.9 Å². The van der Waals surface area contributed by atoms with Gasteiger partial charge in [-0.05, 0) is 48.5 Å². The highest BCUT2D eigenvalue weighted by Crippen LogP contribution is 2.52. The molecular formula is C27H17BrCl2N2O3S. The largest absolute Gasteiger partial charge is 0.458 e. The fourth-order valence-corrected chi connectivity index (χ4v) is 6.14. The van der Waals surface area contributed by atoms with E-state index in [0.29, 0.717) is 21.6 Å². The van der Waals surface area contributed by atoms with Crippen LogP contribution in [0.15, 0.2) is 106 Å². The van der Waals surface area contributed by atoms with Gasteiger partial charge in [0.25, 0.3) is 5.69 Å². The summed E-state index contributed by atoms with van der Waals surface area (Å²) < 4.78 is 7.46. The molecule has 5 nitrogen and oxygen atoms in total. The second kappa shape index (κ2) is 10.6. The maximum absolute atomic E-state index is 11.2. The lowest BCUT2D eigenvalue weighted by Crippen LogP contribution is -2.12. The molecule has 0 saturated heterocycles. The third-order valence-corrected chi connectivity index (χ3v) is 8.03. The lowest BCUT2D eigenvalue weighted by atomic mass is 10.0. The average molecular weight is 600 g/mol. The summed E-state index contributed by atoms with van der Waals surface area (Å²) >= 11 is 18.5. The van der Waals surface area contributed by atoms with E-state index in [-0.39, 0.29) is 5.69 Å². The highest BCUT2D eigenvalue weighted by Gasteiger charge is 2.32. The quantitative estimate of drug-likeness (QED) is 0.183. The van der Waals surface area contributed by atoms with E-state index in [1.807, 2.05) is 48.5 Å². The van der Waals surface area contributed by atoms with E-state index >= 15 is 0 Å². The summed E-state index contributed by atoms with van der Waals surface area (Å²) in [5.41, 5.74) is 3.24. The fraction of sp³-hybridized carbons (Fsp3) is 0.0370. The number of hydrogen-bond donors (Lipinski definition) is 1. The van der Waals surface area contributed by atoms with E-state index in [9.17, 15) is 10.1 Å². The Bertz CT molecular complexity index is 1460. The Morgan fingerprint density at radius 3 is 2.22 bits per heavy atom. The highest BCUT2D eigenvalue weighted by atomic mass is 79.9. The number of hydrogen-bond acceptors (Lipinski definition) is 5. The highest BCUT2D eigenvalue weighted by molar-refractivity contribution is 9.10. The van der Waals surface area contributed by atoms with E-state index in [1.165, 1.54) is 12.1 Å². The lowest BCUT2D eigenvalue weighted by molar-refractivity contribution is -0.384. The first-order valence-corrected chi connectivity index (χ1v) is 13.2. The van der Waals surface area contributed by atoms with Crippen molar-refractivity contribution in [2.24, 2.45) is 0 Å². The molecule has 180 valence electrons. The van der Waals surface area contributed by atoms with Gasteiger partial charge in [-0.3, -0.25) is 10.1 Å². The standard InChI is InChI=1S/C27H17BrCl2N2O3S/c28-17-10-8-16(9-11-17)25-26(35-19-14-12-18(13-15-19)32(33)34)27(24-20(29)4-3-5-21(24)30)36-23-7-2-1-6-22(23)31-25/h1-15,27,31H. The Balaban J connectivity index is 1.74. The van der Waals surface area contributed by atoms with Gasteiger partial charge in [0.05, 0.1) is 21.6 Å². The summed E-state index contributed by atoms with van der Waals surface area (Å²) in [6, 6.07) is 27.2. The smallest absolute Gasteiger partial charge is 0.269 e. The zero-order valence-electron chi connectivity index (χ0n) is 18.5. The number of para-hydroxylation sites is 1. The van der Waals surface area contributed by atoms with Gasteiger partial charge < -0.3 is 10.1 Å². The number of nitrogens with one attached hydrogen (secondary N) is 1. The van der Waals surface area contributed by atoms with Gasteiger partial charge in [-0.1, -0.05) is 69.5 Å². The molecule has 0 saturated carbocycles. The number of nitro benzene ring substituents is 1. The van der Waals surface area contributed by atoms with Crippen molar-refractivity contribution in [1.82, 2.24) is 0 Å². The Kier molecular flexibility index (Phi) is 7.25. The molecule has 36 heavy (non-hydrogen) atoms. The number of fused-ring (bicyclic) bond motifs is 1. The monoisotopic (exact) mass is 598 g/mol. The van der Waals surface area contributed by atoms with Crippen molar-refractivity contribution in [3.8, 4) is 5.75 Å². The number of ether oxygens (including phenoxy) is 1. The number of halogens is 3. The molecule has 1 heterocycles. The van der Waals surface area contributed by atoms with Crippen LogP contribution in [0, 0.1) is 10.1 Å². The van der Waals surface area contributed by atoms with Crippen LogP contribution < -0.4 is 10.1 Å². The van der Waals surface area contributed by atoms with Crippen molar-refractivity contribution in [3.63, 3.8) is 0 Å². The number of thioether (sulfide) groups is 1. The molecule has 0 spiro atoms. The molecule has 1 atom stereocenters. The van der Waals surface area contributed by atoms with Crippen LogP contribution in [0.1, 0.15) is 16.4 Å². The molecule has 0 fully saturated rings. The number of nitro groups is 1. The number of nitrogens with zero attached hydrogens (tertiary/aromatic N) is 1. The van der Waals surface area contributed by atoms with Crippen LogP contribution >= 0.6 is 50.9 Å². The molecule has 4 aromatic carbocycles. The van der Waals surface area contributed by atoms with Crippen LogP contribution in [-0.4, -0.2) is 4.92 Å².